The summed E-state index contributed by atoms with van der Waals surface area (Å²) in [5.74, 6) is -0.0945. The lowest BCUT2D eigenvalue weighted by molar-refractivity contribution is -0.144. The van der Waals surface area contributed by atoms with Gasteiger partial charge in [-0.1, -0.05) is 5.16 Å². The third kappa shape index (κ3) is 3.39. The summed E-state index contributed by atoms with van der Waals surface area (Å²) in [6.07, 6.45) is 2.40. The largest absolute Gasteiger partial charge is 0.409 e. The van der Waals surface area contributed by atoms with Crippen molar-refractivity contribution in [1.82, 2.24) is 4.90 Å². The third-order valence-electron chi connectivity index (χ3n) is 2.36. The predicted octanol–water partition coefficient (Wildman–Crippen LogP) is -0.240. The van der Waals surface area contributed by atoms with Crippen molar-refractivity contribution in [3.8, 4) is 0 Å². The Balaban J connectivity index is 2.44. The van der Waals surface area contributed by atoms with Gasteiger partial charge >= 0.3 is 0 Å². The molecule has 1 saturated heterocycles. The molecule has 1 aliphatic heterocycles. The van der Waals surface area contributed by atoms with Gasteiger partial charge in [0.05, 0.1) is 6.54 Å². The van der Waals surface area contributed by atoms with Crippen LogP contribution in [0, 0.1) is 0 Å². The molecule has 0 aliphatic carbocycles. The second-order valence-corrected chi connectivity index (χ2v) is 3.64. The highest BCUT2D eigenvalue weighted by Gasteiger charge is 2.25. The van der Waals surface area contributed by atoms with Crippen LogP contribution >= 0.6 is 0 Å². The van der Waals surface area contributed by atoms with Crippen molar-refractivity contribution < 1.29 is 14.7 Å². The number of ether oxygens (including phenoxy) is 1. The Bertz CT molecular complexity index is 249. The summed E-state index contributed by atoms with van der Waals surface area (Å²) in [5, 5.41) is 11.2. The first-order valence-electron chi connectivity index (χ1n) is 4.98. The van der Waals surface area contributed by atoms with Crippen molar-refractivity contribution in [1.29, 1.82) is 0 Å². The molecular weight excluding hydrogens is 198 g/mol. The molecule has 0 radical (unpaired) electrons. The van der Waals surface area contributed by atoms with Crippen LogP contribution < -0.4 is 5.73 Å². The molecule has 3 N–H and O–H groups in total. The fraction of sp³-hybridized carbons (Fsp3) is 0.778. The highest BCUT2D eigenvalue weighted by Crippen LogP contribution is 2.14. The zero-order valence-corrected chi connectivity index (χ0v) is 8.85. The maximum atomic E-state index is 11.8. The Labute approximate surface area is 88.7 Å². The SMILES string of the molecule is CN(CC(N)=NO)C(=O)C1CCCCO1. The standard InChI is InChI=1S/C9H17N3O3/c1-12(6-8(10)11-14)9(13)7-4-2-3-5-15-7/h7,14H,2-6H2,1H3,(H2,10,11). The van der Waals surface area contributed by atoms with E-state index in [4.69, 9.17) is 15.7 Å². The molecule has 1 unspecified atom stereocenters. The van der Waals surface area contributed by atoms with Crippen molar-refractivity contribution >= 4 is 11.7 Å². The van der Waals surface area contributed by atoms with Crippen LogP contribution in [-0.2, 0) is 9.53 Å². The van der Waals surface area contributed by atoms with Gasteiger partial charge in [-0.25, -0.2) is 0 Å². The Morgan fingerprint density at radius 1 is 1.67 bits per heavy atom. The van der Waals surface area contributed by atoms with Crippen LogP contribution in [0.4, 0.5) is 0 Å². The van der Waals surface area contributed by atoms with Gasteiger partial charge in [0.2, 0.25) is 0 Å². The smallest absolute Gasteiger partial charge is 0.251 e. The van der Waals surface area contributed by atoms with Crippen LogP contribution in [-0.4, -0.2) is 48.2 Å². The number of amides is 1. The molecule has 0 spiro atoms. The molecule has 6 heteroatoms. The number of nitrogens with two attached hydrogens (primary N) is 1. The van der Waals surface area contributed by atoms with E-state index in [-0.39, 0.29) is 24.4 Å². The summed E-state index contributed by atoms with van der Waals surface area (Å²) in [7, 11) is 1.61. The van der Waals surface area contributed by atoms with Gasteiger partial charge in [0.15, 0.2) is 5.84 Å². The molecule has 15 heavy (non-hydrogen) atoms. The number of carbonyl (C=O) groups excluding carboxylic acids is 1. The van der Waals surface area contributed by atoms with E-state index in [1.807, 2.05) is 0 Å². The fourth-order valence-electron chi connectivity index (χ4n) is 1.53. The normalized spacial score (nSPS) is 22.5. The van der Waals surface area contributed by atoms with Gasteiger partial charge in [-0.15, -0.1) is 0 Å². The first kappa shape index (κ1) is 11.8. The van der Waals surface area contributed by atoms with Crippen molar-refractivity contribution in [3.05, 3.63) is 0 Å². The summed E-state index contributed by atoms with van der Waals surface area (Å²) in [6, 6.07) is 0. The van der Waals surface area contributed by atoms with Gasteiger partial charge < -0.3 is 20.6 Å². The fourth-order valence-corrected chi connectivity index (χ4v) is 1.53. The Morgan fingerprint density at radius 2 is 2.40 bits per heavy atom. The zero-order valence-electron chi connectivity index (χ0n) is 8.85. The van der Waals surface area contributed by atoms with Crippen LogP contribution in [0.25, 0.3) is 0 Å². The number of oxime groups is 1. The lowest BCUT2D eigenvalue weighted by Crippen LogP contribution is -2.43. The Kier molecular flexibility index (Phi) is 4.36. The van der Waals surface area contributed by atoms with Crippen LogP contribution in [0.3, 0.4) is 0 Å². The molecule has 1 aliphatic rings. The molecule has 86 valence electrons. The Morgan fingerprint density at radius 3 is 2.93 bits per heavy atom. The van der Waals surface area contributed by atoms with Gasteiger partial charge in [0.25, 0.3) is 5.91 Å². The van der Waals surface area contributed by atoms with E-state index in [9.17, 15) is 4.79 Å². The van der Waals surface area contributed by atoms with Gasteiger partial charge in [-0.3, -0.25) is 4.79 Å². The monoisotopic (exact) mass is 215 g/mol. The Hall–Kier alpha value is -1.30. The third-order valence-corrected chi connectivity index (χ3v) is 2.36. The second-order valence-electron chi connectivity index (χ2n) is 3.64. The number of hydrogen-bond donors (Lipinski definition) is 2. The quantitative estimate of drug-likeness (QED) is 0.294. The van der Waals surface area contributed by atoms with Crippen LogP contribution in [0.1, 0.15) is 19.3 Å². The highest BCUT2D eigenvalue weighted by atomic mass is 16.5. The molecule has 0 saturated carbocycles. The average molecular weight is 215 g/mol. The number of nitrogens with zero attached hydrogens (tertiary/aromatic N) is 2. The van der Waals surface area contributed by atoms with Crippen molar-refractivity contribution in [2.75, 3.05) is 20.2 Å². The number of amidine groups is 1. The maximum Gasteiger partial charge on any atom is 0.251 e. The molecule has 1 atom stereocenters. The lowest BCUT2D eigenvalue weighted by atomic mass is 10.1. The van der Waals surface area contributed by atoms with Crippen molar-refractivity contribution in [3.63, 3.8) is 0 Å². The van der Waals surface area contributed by atoms with Gasteiger partial charge in [0.1, 0.15) is 6.10 Å². The molecule has 1 rings (SSSR count). The first-order chi connectivity index (χ1) is 7.15. The van der Waals surface area contributed by atoms with Crippen molar-refractivity contribution in [2.24, 2.45) is 10.9 Å². The molecule has 1 heterocycles. The van der Waals surface area contributed by atoms with E-state index in [2.05, 4.69) is 5.16 Å². The molecule has 0 aromatic rings. The lowest BCUT2D eigenvalue weighted by Gasteiger charge is -2.26. The number of carbonyl (C=O) groups is 1. The second kappa shape index (κ2) is 5.55. The van der Waals surface area contributed by atoms with Gasteiger partial charge in [-0.2, -0.15) is 0 Å². The minimum atomic E-state index is -0.366. The topological polar surface area (TPSA) is 88.1 Å². The van der Waals surface area contributed by atoms with E-state index >= 15 is 0 Å². The molecule has 6 nitrogen and oxygen atoms in total. The summed E-state index contributed by atoms with van der Waals surface area (Å²) in [6.45, 7) is 0.753. The van der Waals surface area contributed by atoms with Gasteiger partial charge in [0, 0.05) is 13.7 Å². The minimum absolute atomic E-state index is 0.0154. The van der Waals surface area contributed by atoms with Crippen LogP contribution in [0.5, 0.6) is 0 Å². The number of likely N-dealkylation sites (N-methyl/N-ethyl adjacent to an activating group) is 1. The summed E-state index contributed by atoms with van der Waals surface area (Å²) < 4.78 is 5.34. The van der Waals surface area contributed by atoms with E-state index in [1.54, 1.807) is 7.05 Å². The number of hydrogen-bond acceptors (Lipinski definition) is 4. The van der Waals surface area contributed by atoms with E-state index < -0.39 is 0 Å². The number of rotatable bonds is 3. The van der Waals surface area contributed by atoms with Gasteiger partial charge in [-0.05, 0) is 19.3 Å². The summed E-state index contributed by atoms with van der Waals surface area (Å²) in [5.41, 5.74) is 5.31. The zero-order chi connectivity index (χ0) is 11.3. The van der Waals surface area contributed by atoms with Crippen LogP contribution in [0.15, 0.2) is 5.16 Å². The minimum Gasteiger partial charge on any atom is -0.409 e. The summed E-state index contributed by atoms with van der Waals surface area (Å²) in [4.78, 5) is 13.2. The maximum absolute atomic E-state index is 11.8. The molecular formula is C9H17N3O3. The molecule has 0 aromatic heterocycles. The average Bonchev–Trinajstić information content (AvgIpc) is 2.29. The van der Waals surface area contributed by atoms with E-state index in [0.29, 0.717) is 6.61 Å². The van der Waals surface area contributed by atoms with E-state index in [0.717, 1.165) is 19.3 Å². The highest BCUT2D eigenvalue weighted by molar-refractivity contribution is 5.88. The molecule has 0 bridgehead atoms. The predicted molar refractivity (Wildman–Crippen MR) is 54.6 cm³/mol. The molecule has 1 amide bonds. The van der Waals surface area contributed by atoms with Crippen molar-refractivity contribution in [2.45, 2.75) is 25.4 Å². The molecule has 0 aromatic carbocycles. The summed E-state index contributed by atoms with van der Waals surface area (Å²) >= 11 is 0. The van der Waals surface area contributed by atoms with Crippen LogP contribution in [0.2, 0.25) is 0 Å². The molecule has 1 fully saturated rings. The van der Waals surface area contributed by atoms with E-state index in [1.165, 1.54) is 4.90 Å². The first-order valence-corrected chi connectivity index (χ1v) is 4.98.